The summed E-state index contributed by atoms with van der Waals surface area (Å²) < 4.78 is 0. The molecule has 0 spiro atoms. The summed E-state index contributed by atoms with van der Waals surface area (Å²) in [6.07, 6.45) is 7.32. The van der Waals surface area contributed by atoms with Crippen molar-refractivity contribution in [1.29, 1.82) is 0 Å². The molecule has 1 fully saturated rings. The number of rotatable bonds is 8. The number of hydrogen-bond acceptors (Lipinski definition) is 3. The number of hydrogen-bond donors (Lipinski definition) is 3. The van der Waals surface area contributed by atoms with E-state index in [1.807, 2.05) is 6.92 Å². The van der Waals surface area contributed by atoms with E-state index in [1.54, 1.807) is 6.33 Å². The van der Waals surface area contributed by atoms with Gasteiger partial charge in [-0.15, -0.1) is 0 Å². The lowest BCUT2D eigenvalue weighted by Crippen LogP contribution is -2.44. The van der Waals surface area contributed by atoms with E-state index >= 15 is 0 Å². The van der Waals surface area contributed by atoms with E-state index in [0.29, 0.717) is 24.7 Å². The Balaban J connectivity index is 1.66. The summed E-state index contributed by atoms with van der Waals surface area (Å²) in [5.41, 5.74) is 1.75. The minimum Gasteiger partial charge on any atom is -0.353 e. The molecule has 1 unspecified atom stereocenters. The van der Waals surface area contributed by atoms with Crippen LogP contribution in [-0.2, 0) is 16.0 Å². The molecule has 0 radical (unpaired) electrons. The van der Waals surface area contributed by atoms with Gasteiger partial charge >= 0.3 is 0 Å². The van der Waals surface area contributed by atoms with Crippen molar-refractivity contribution in [2.24, 2.45) is 11.8 Å². The predicted molar refractivity (Wildman–Crippen MR) is 103 cm³/mol. The minimum absolute atomic E-state index is 0.0233. The molecule has 0 aliphatic heterocycles. The number of amides is 2. The van der Waals surface area contributed by atoms with Crippen molar-refractivity contribution in [2.75, 3.05) is 0 Å². The molecule has 0 aromatic carbocycles. The molecule has 1 aliphatic carbocycles. The minimum atomic E-state index is 0.0233. The third kappa shape index (κ3) is 6.81. The van der Waals surface area contributed by atoms with Gasteiger partial charge < -0.3 is 15.6 Å². The number of aryl methyl sites for hydroxylation is 1. The van der Waals surface area contributed by atoms with Crippen LogP contribution in [0.3, 0.4) is 0 Å². The van der Waals surface area contributed by atoms with Gasteiger partial charge in [-0.05, 0) is 50.9 Å². The van der Waals surface area contributed by atoms with Crippen molar-refractivity contribution < 1.29 is 9.59 Å². The fourth-order valence-corrected chi connectivity index (χ4v) is 3.87. The Kier molecular flexibility index (Phi) is 7.66. The van der Waals surface area contributed by atoms with E-state index < -0.39 is 0 Å². The first-order valence-corrected chi connectivity index (χ1v) is 9.91. The van der Waals surface area contributed by atoms with Crippen LogP contribution < -0.4 is 10.6 Å². The molecule has 0 bridgehead atoms. The molecule has 0 saturated heterocycles. The summed E-state index contributed by atoms with van der Waals surface area (Å²) in [5, 5.41) is 6.28. The van der Waals surface area contributed by atoms with Crippen LogP contribution in [0.15, 0.2) is 6.33 Å². The first kappa shape index (κ1) is 20.5. The van der Waals surface area contributed by atoms with Crippen LogP contribution in [0, 0.1) is 18.8 Å². The van der Waals surface area contributed by atoms with E-state index in [1.165, 1.54) is 0 Å². The van der Waals surface area contributed by atoms with Gasteiger partial charge in [0.1, 0.15) is 0 Å². The van der Waals surface area contributed by atoms with Crippen LogP contribution in [0.1, 0.15) is 70.7 Å². The van der Waals surface area contributed by atoms with Crippen molar-refractivity contribution in [2.45, 2.75) is 84.7 Å². The zero-order valence-electron chi connectivity index (χ0n) is 16.6. The van der Waals surface area contributed by atoms with Gasteiger partial charge in [-0.3, -0.25) is 9.59 Å². The number of carbonyl (C=O) groups is 2. The Bertz CT molecular complexity index is 588. The van der Waals surface area contributed by atoms with Crippen LogP contribution >= 0.6 is 0 Å². The molecule has 1 aromatic rings. The molecule has 6 heteroatoms. The molecule has 2 rings (SSSR count). The van der Waals surface area contributed by atoms with E-state index in [0.717, 1.165) is 43.5 Å². The van der Waals surface area contributed by atoms with E-state index in [-0.39, 0.29) is 23.9 Å². The number of carbonyl (C=O) groups excluding carboxylic acids is 2. The van der Waals surface area contributed by atoms with Gasteiger partial charge in [0.25, 0.3) is 0 Å². The maximum absolute atomic E-state index is 12.2. The van der Waals surface area contributed by atoms with Crippen molar-refractivity contribution >= 4 is 11.8 Å². The molecule has 26 heavy (non-hydrogen) atoms. The quantitative estimate of drug-likeness (QED) is 0.664. The molecule has 2 amide bonds. The van der Waals surface area contributed by atoms with E-state index in [9.17, 15) is 9.59 Å². The number of nitrogens with zero attached hydrogens (tertiary/aromatic N) is 1. The Morgan fingerprint density at radius 3 is 2.19 bits per heavy atom. The highest BCUT2D eigenvalue weighted by Gasteiger charge is 2.24. The van der Waals surface area contributed by atoms with Gasteiger partial charge in [0.15, 0.2) is 0 Å². The van der Waals surface area contributed by atoms with Crippen LogP contribution in [0.4, 0.5) is 0 Å². The molecular formula is C20H34N4O2. The normalized spacial score (nSPS) is 21.4. The summed E-state index contributed by atoms with van der Waals surface area (Å²) in [4.78, 5) is 31.5. The summed E-state index contributed by atoms with van der Waals surface area (Å²) >= 11 is 0. The van der Waals surface area contributed by atoms with Crippen LogP contribution in [-0.4, -0.2) is 33.9 Å². The first-order valence-electron chi connectivity index (χ1n) is 9.91. The van der Waals surface area contributed by atoms with E-state index in [2.05, 4.69) is 41.4 Å². The predicted octanol–water partition coefficient (Wildman–Crippen LogP) is 2.88. The molecule has 146 valence electrons. The number of aromatic amines is 1. The van der Waals surface area contributed by atoms with Gasteiger partial charge in [0.2, 0.25) is 11.8 Å². The molecule has 1 aromatic heterocycles. The Hall–Kier alpha value is -1.85. The molecule has 1 saturated carbocycles. The van der Waals surface area contributed by atoms with Gasteiger partial charge in [-0.2, -0.15) is 0 Å². The highest BCUT2D eigenvalue weighted by atomic mass is 16.2. The summed E-state index contributed by atoms with van der Waals surface area (Å²) in [6.45, 7) is 8.45. The van der Waals surface area contributed by atoms with E-state index in [4.69, 9.17) is 0 Å². The molecular weight excluding hydrogens is 328 g/mol. The molecule has 3 N–H and O–H groups in total. The van der Waals surface area contributed by atoms with Crippen LogP contribution in [0.5, 0.6) is 0 Å². The maximum atomic E-state index is 12.2. The third-order valence-electron chi connectivity index (χ3n) is 5.13. The highest BCUT2D eigenvalue weighted by Crippen LogP contribution is 2.20. The average Bonchev–Trinajstić information content (AvgIpc) is 2.93. The van der Waals surface area contributed by atoms with Gasteiger partial charge in [-0.25, -0.2) is 4.98 Å². The number of imidazole rings is 1. The standard InChI is InChI=1S/C20H34N4O2/c1-13(2)9-14(3)10-19(25)23-16-5-7-17(8-6-16)24-20(26)11-18-15(4)21-12-22-18/h12-14,16-17H,5-11H2,1-4H3,(H,21,22)(H,23,25)(H,24,26). The van der Waals surface area contributed by atoms with Gasteiger partial charge in [0, 0.05) is 24.2 Å². The highest BCUT2D eigenvalue weighted by molar-refractivity contribution is 5.78. The zero-order valence-corrected chi connectivity index (χ0v) is 16.6. The fraction of sp³-hybridized carbons (Fsp3) is 0.750. The summed E-state index contributed by atoms with van der Waals surface area (Å²) in [5.74, 6) is 1.24. The number of aromatic nitrogens is 2. The number of H-pyrrole nitrogens is 1. The average molecular weight is 363 g/mol. The zero-order chi connectivity index (χ0) is 19.1. The topological polar surface area (TPSA) is 86.9 Å². The fourth-order valence-electron chi connectivity index (χ4n) is 3.87. The first-order chi connectivity index (χ1) is 12.3. The SMILES string of the molecule is Cc1[nH]cnc1CC(=O)NC1CCC(NC(=O)CC(C)CC(C)C)CC1. The molecule has 1 aliphatic rings. The number of nitrogens with one attached hydrogen (secondary N) is 3. The second-order valence-corrected chi connectivity index (χ2v) is 8.27. The molecule has 1 atom stereocenters. The lowest BCUT2D eigenvalue weighted by atomic mass is 9.90. The van der Waals surface area contributed by atoms with Crippen LogP contribution in [0.25, 0.3) is 0 Å². The van der Waals surface area contributed by atoms with Gasteiger partial charge in [0.05, 0.1) is 18.4 Å². The van der Waals surface area contributed by atoms with Gasteiger partial charge in [-0.1, -0.05) is 20.8 Å². The monoisotopic (exact) mass is 362 g/mol. The second-order valence-electron chi connectivity index (χ2n) is 8.27. The Morgan fingerprint density at radius 1 is 1.12 bits per heavy atom. The van der Waals surface area contributed by atoms with Crippen molar-refractivity contribution in [3.63, 3.8) is 0 Å². The lowest BCUT2D eigenvalue weighted by molar-refractivity contribution is -0.124. The Morgan fingerprint density at radius 2 is 1.69 bits per heavy atom. The maximum Gasteiger partial charge on any atom is 0.226 e. The second kappa shape index (κ2) is 9.74. The van der Waals surface area contributed by atoms with Crippen LogP contribution in [0.2, 0.25) is 0 Å². The van der Waals surface area contributed by atoms with Crippen molar-refractivity contribution in [3.05, 3.63) is 17.7 Å². The Labute approximate surface area is 156 Å². The molecule has 6 nitrogen and oxygen atoms in total. The third-order valence-corrected chi connectivity index (χ3v) is 5.13. The lowest BCUT2D eigenvalue weighted by Gasteiger charge is -2.30. The molecule has 1 heterocycles. The summed E-state index contributed by atoms with van der Waals surface area (Å²) in [7, 11) is 0. The van der Waals surface area contributed by atoms with Crippen molar-refractivity contribution in [1.82, 2.24) is 20.6 Å². The largest absolute Gasteiger partial charge is 0.353 e. The van der Waals surface area contributed by atoms with Crippen molar-refractivity contribution in [3.8, 4) is 0 Å². The summed E-state index contributed by atoms with van der Waals surface area (Å²) in [6, 6.07) is 0.449. The smallest absolute Gasteiger partial charge is 0.226 e.